The minimum absolute atomic E-state index is 0. The smallest absolute Gasteiger partial charge is 0.0456 e. The van der Waals surface area contributed by atoms with Crippen molar-refractivity contribution in [3.8, 4) is 0 Å². The largest absolute Gasteiger partial charge is 0.330 e. The third kappa shape index (κ3) is 3.99. The van der Waals surface area contributed by atoms with Gasteiger partial charge >= 0.3 is 0 Å². The number of aryl methyl sites for hydroxylation is 1. The minimum Gasteiger partial charge on any atom is -0.330 e. The zero-order chi connectivity index (χ0) is 10.6. The van der Waals surface area contributed by atoms with Crippen molar-refractivity contribution in [3.05, 3.63) is 34.3 Å². The van der Waals surface area contributed by atoms with Gasteiger partial charge in [-0.3, -0.25) is 0 Å². The van der Waals surface area contributed by atoms with Gasteiger partial charge in [0.2, 0.25) is 0 Å². The average molecular weight is 249 g/mol. The van der Waals surface area contributed by atoms with E-state index in [1.54, 1.807) is 0 Å². The molecule has 2 nitrogen and oxygen atoms in total. The molecule has 1 atom stereocenters. The molecule has 0 spiro atoms. The number of hydrogen-bond donors (Lipinski definition) is 2. The van der Waals surface area contributed by atoms with Crippen LogP contribution >= 0.6 is 24.0 Å². The minimum atomic E-state index is 0. The van der Waals surface area contributed by atoms with Crippen molar-refractivity contribution in [3.63, 3.8) is 0 Å². The van der Waals surface area contributed by atoms with Gasteiger partial charge < -0.3 is 11.5 Å². The molecule has 0 saturated carbocycles. The molecule has 0 heterocycles. The summed E-state index contributed by atoms with van der Waals surface area (Å²) >= 11 is 6.09. The molecule has 0 radical (unpaired) electrons. The highest BCUT2D eigenvalue weighted by molar-refractivity contribution is 6.31. The second-order valence-corrected chi connectivity index (χ2v) is 3.92. The molecule has 0 aliphatic carbocycles. The van der Waals surface area contributed by atoms with E-state index in [-0.39, 0.29) is 18.4 Å². The molecule has 0 aliphatic rings. The Morgan fingerprint density at radius 3 is 2.60 bits per heavy atom. The van der Waals surface area contributed by atoms with Gasteiger partial charge in [-0.25, -0.2) is 0 Å². The Kier molecular flexibility index (Phi) is 6.94. The number of rotatable bonds is 4. The molecule has 0 aliphatic heterocycles. The zero-order valence-corrected chi connectivity index (χ0v) is 10.4. The maximum absolute atomic E-state index is 6.09. The van der Waals surface area contributed by atoms with Crippen molar-refractivity contribution in [1.82, 2.24) is 0 Å². The predicted octanol–water partition coefficient (Wildman–Crippen LogP) is 2.81. The quantitative estimate of drug-likeness (QED) is 0.862. The van der Waals surface area contributed by atoms with Crippen LogP contribution in [0, 0.1) is 6.92 Å². The molecule has 0 saturated heterocycles. The number of nitrogens with two attached hydrogens (primary N) is 2. The van der Waals surface area contributed by atoms with E-state index in [1.165, 1.54) is 0 Å². The van der Waals surface area contributed by atoms with Crippen molar-refractivity contribution in [2.75, 3.05) is 6.54 Å². The molecular weight excluding hydrogens is 231 g/mol. The molecule has 86 valence electrons. The van der Waals surface area contributed by atoms with Crippen LogP contribution in [0.1, 0.15) is 30.0 Å². The molecule has 1 rings (SSSR count). The van der Waals surface area contributed by atoms with E-state index >= 15 is 0 Å². The standard InChI is InChI=1S/C11H17ClN2.ClH/c1-8-4-2-5-9(12)11(8)10(14)6-3-7-13;/h2,4-5,10H,3,6-7,13-14H2,1H3;1H/t10-;/m0./s1. The van der Waals surface area contributed by atoms with Gasteiger partial charge in [-0.05, 0) is 43.5 Å². The van der Waals surface area contributed by atoms with Gasteiger partial charge in [0.1, 0.15) is 0 Å². The van der Waals surface area contributed by atoms with Crippen LogP contribution in [0.3, 0.4) is 0 Å². The van der Waals surface area contributed by atoms with Gasteiger partial charge in [0, 0.05) is 11.1 Å². The number of halogens is 2. The molecule has 15 heavy (non-hydrogen) atoms. The second kappa shape index (κ2) is 7.07. The molecule has 1 aromatic carbocycles. The van der Waals surface area contributed by atoms with Gasteiger partial charge in [0.15, 0.2) is 0 Å². The highest BCUT2D eigenvalue weighted by atomic mass is 35.5. The molecule has 0 amide bonds. The van der Waals surface area contributed by atoms with Gasteiger partial charge in [-0.1, -0.05) is 23.7 Å². The molecule has 0 fully saturated rings. The Bertz CT molecular complexity index is 282. The summed E-state index contributed by atoms with van der Waals surface area (Å²) in [6.07, 6.45) is 1.83. The van der Waals surface area contributed by atoms with Crippen LogP contribution in [0.2, 0.25) is 5.02 Å². The fourth-order valence-electron chi connectivity index (χ4n) is 1.60. The maximum Gasteiger partial charge on any atom is 0.0456 e. The van der Waals surface area contributed by atoms with Crippen molar-refractivity contribution < 1.29 is 0 Å². The Morgan fingerprint density at radius 2 is 2.07 bits per heavy atom. The van der Waals surface area contributed by atoms with Crippen LogP contribution in [0.4, 0.5) is 0 Å². The summed E-state index contributed by atoms with van der Waals surface area (Å²) in [4.78, 5) is 0. The van der Waals surface area contributed by atoms with Gasteiger partial charge in [-0.15, -0.1) is 12.4 Å². The molecule has 0 aromatic heterocycles. The first kappa shape index (κ1) is 14.7. The highest BCUT2D eigenvalue weighted by Gasteiger charge is 2.11. The normalized spacial score (nSPS) is 12.0. The first-order valence-electron chi connectivity index (χ1n) is 4.87. The fourth-order valence-corrected chi connectivity index (χ4v) is 1.96. The number of hydrogen-bond acceptors (Lipinski definition) is 2. The van der Waals surface area contributed by atoms with Crippen molar-refractivity contribution >= 4 is 24.0 Å². The third-order valence-electron chi connectivity index (χ3n) is 2.36. The molecule has 4 N–H and O–H groups in total. The lowest BCUT2D eigenvalue weighted by Gasteiger charge is -2.15. The summed E-state index contributed by atoms with van der Waals surface area (Å²) in [7, 11) is 0. The lowest BCUT2D eigenvalue weighted by atomic mass is 9.98. The zero-order valence-electron chi connectivity index (χ0n) is 8.87. The number of benzene rings is 1. The Labute approximate surface area is 102 Å². The average Bonchev–Trinajstić information content (AvgIpc) is 2.14. The monoisotopic (exact) mass is 248 g/mol. The lowest BCUT2D eigenvalue weighted by molar-refractivity contribution is 0.615. The molecular formula is C11H18Cl2N2. The van der Waals surface area contributed by atoms with Crippen LogP contribution in [0.5, 0.6) is 0 Å². The lowest BCUT2D eigenvalue weighted by Crippen LogP contribution is -2.14. The third-order valence-corrected chi connectivity index (χ3v) is 2.69. The van der Waals surface area contributed by atoms with E-state index in [0.29, 0.717) is 6.54 Å². The summed E-state index contributed by atoms with van der Waals surface area (Å²) in [6, 6.07) is 5.86. The predicted molar refractivity (Wildman–Crippen MR) is 68.7 cm³/mol. The second-order valence-electron chi connectivity index (χ2n) is 3.51. The van der Waals surface area contributed by atoms with Gasteiger partial charge in [0.05, 0.1) is 0 Å². The molecule has 0 unspecified atom stereocenters. The van der Waals surface area contributed by atoms with Crippen molar-refractivity contribution in [2.45, 2.75) is 25.8 Å². The molecule has 4 heteroatoms. The van der Waals surface area contributed by atoms with Crippen LogP contribution < -0.4 is 11.5 Å². The highest BCUT2D eigenvalue weighted by Crippen LogP contribution is 2.27. The Morgan fingerprint density at radius 1 is 1.40 bits per heavy atom. The maximum atomic E-state index is 6.09. The van der Waals surface area contributed by atoms with E-state index in [2.05, 4.69) is 0 Å². The summed E-state index contributed by atoms with van der Waals surface area (Å²) in [5.41, 5.74) is 13.7. The summed E-state index contributed by atoms with van der Waals surface area (Å²) < 4.78 is 0. The van der Waals surface area contributed by atoms with E-state index in [0.717, 1.165) is 29.0 Å². The van der Waals surface area contributed by atoms with Gasteiger partial charge in [-0.2, -0.15) is 0 Å². The first-order chi connectivity index (χ1) is 6.66. The summed E-state index contributed by atoms with van der Waals surface area (Å²) in [5, 5.41) is 0.759. The van der Waals surface area contributed by atoms with E-state index in [1.807, 2.05) is 25.1 Å². The van der Waals surface area contributed by atoms with E-state index < -0.39 is 0 Å². The van der Waals surface area contributed by atoms with E-state index in [4.69, 9.17) is 23.1 Å². The van der Waals surface area contributed by atoms with Crippen LogP contribution in [0.25, 0.3) is 0 Å². The van der Waals surface area contributed by atoms with Crippen LogP contribution in [-0.4, -0.2) is 6.54 Å². The Balaban J connectivity index is 0.00000196. The molecule has 1 aromatic rings. The topological polar surface area (TPSA) is 52.0 Å². The SMILES string of the molecule is Cc1cccc(Cl)c1[C@@H](N)CCCN.Cl. The van der Waals surface area contributed by atoms with E-state index in [9.17, 15) is 0 Å². The van der Waals surface area contributed by atoms with Crippen molar-refractivity contribution in [2.24, 2.45) is 11.5 Å². The first-order valence-corrected chi connectivity index (χ1v) is 5.25. The summed E-state index contributed by atoms with van der Waals surface area (Å²) in [6.45, 7) is 2.71. The van der Waals surface area contributed by atoms with Crippen LogP contribution in [-0.2, 0) is 0 Å². The Hall–Kier alpha value is -0.280. The van der Waals surface area contributed by atoms with Crippen molar-refractivity contribution in [1.29, 1.82) is 0 Å². The van der Waals surface area contributed by atoms with Crippen LogP contribution in [0.15, 0.2) is 18.2 Å². The molecule has 0 bridgehead atoms. The fraction of sp³-hybridized carbons (Fsp3) is 0.455. The van der Waals surface area contributed by atoms with Gasteiger partial charge in [0.25, 0.3) is 0 Å². The summed E-state index contributed by atoms with van der Waals surface area (Å²) in [5.74, 6) is 0.